The minimum Gasteiger partial charge on any atom is -0.328 e. The van der Waals surface area contributed by atoms with Crippen LogP contribution in [0.5, 0.6) is 0 Å². The van der Waals surface area contributed by atoms with Gasteiger partial charge in [0.25, 0.3) is 0 Å². The molecule has 0 bridgehead atoms. The molecule has 5 rings (SSSR count). The molecule has 0 aromatic heterocycles. The molecule has 4 aromatic carbocycles. The molecule has 1 aliphatic heterocycles. The van der Waals surface area contributed by atoms with Crippen LogP contribution >= 0.6 is 0 Å². The van der Waals surface area contributed by atoms with E-state index in [0.717, 1.165) is 28.3 Å². The molecule has 0 saturated heterocycles. The molecular formula is C28H22N2. The van der Waals surface area contributed by atoms with Crippen LogP contribution in [0.2, 0.25) is 0 Å². The second-order valence-electron chi connectivity index (χ2n) is 7.33. The Morgan fingerprint density at radius 3 is 1.67 bits per heavy atom. The molecule has 2 nitrogen and oxygen atoms in total. The highest BCUT2D eigenvalue weighted by Crippen LogP contribution is 2.41. The van der Waals surface area contributed by atoms with Gasteiger partial charge in [-0.3, -0.25) is 0 Å². The van der Waals surface area contributed by atoms with Crippen molar-refractivity contribution < 1.29 is 0 Å². The molecule has 4 aromatic rings. The van der Waals surface area contributed by atoms with Crippen molar-refractivity contribution in [3.8, 4) is 0 Å². The smallest absolute Gasteiger partial charge is 0.140 e. The van der Waals surface area contributed by atoms with Crippen molar-refractivity contribution in [1.82, 2.24) is 4.90 Å². The lowest BCUT2D eigenvalue weighted by Crippen LogP contribution is -2.26. The van der Waals surface area contributed by atoms with Crippen LogP contribution in [0.25, 0.3) is 11.3 Å². The van der Waals surface area contributed by atoms with Crippen molar-refractivity contribution in [2.45, 2.75) is 0 Å². The minimum atomic E-state index is 0.938. The van der Waals surface area contributed by atoms with Crippen LogP contribution in [0, 0.1) is 0 Å². The molecule has 0 atom stereocenters. The first kappa shape index (κ1) is 18.1. The Kier molecular flexibility index (Phi) is 4.74. The molecule has 0 amide bonds. The Bertz CT molecular complexity index is 1220. The molecule has 0 saturated carbocycles. The van der Waals surface area contributed by atoms with Gasteiger partial charge in [0, 0.05) is 23.7 Å². The zero-order chi connectivity index (χ0) is 20.3. The van der Waals surface area contributed by atoms with Gasteiger partial charge in [-0.25, -0.2) is 4.99 Å². The highest BCUT2D eigenvalue weighted by Gasteiger charge is 2.26. The van der Waals surface area contributed by atoms with E-state index in [1.807, 2.05) is 6.07 Å². The quantitative estimate of drug-likeness (QED) is 0.386. The summed E-state index contributed by atoms with van der Waals surface area (Å²) >= 11 is 0. The zero-order valence-electron chi connectivity index (χ0n) is 16.9. The Balaban J connectivity index is 1.87. The van der Waals surface area contributed by atoms with E-state index < -0.39 is 0 Å². The largest absolute Gasteiger partial charge is 0.328 e. The Hall–Kier alpha value is -3.91. The van der Waals surface area contributed by atoms with Crippen molar-refractivity contribution >= 4 is 22.8 Å². The second kappa shape index (κ2) is 7.84. The maximum Gasteiger partial charge on any atom is 0.140 e. The van der Waals surface area contributed by atoms with E-state index in [1.165, 1.54) is 16.7 Å². The molecule has 1 aliphatic rings. The van der Waals surface area contributed by atoms with Crippen molar-refractivity contribution in [3.63, 3.8) is 0 Å². The number of aliphatic imine (C=N–C) groups is 1. The summed E-state index contributed by atoms with van der Waals surface area (Å²) < 4.78 is 0. The van der Waals surface area contributed by atoms with Gasteiger partial charge in [-0.1, -0.05) is 109 Å². The summed E-state index contributed by atoms with van der Waals surface area (Å²) in [6.45, 7) is 0. The Labute approximate surface area is 177 Å². The zero-order valence-corrected chi connectivity index (χ0v) is 16.9. The highest BCUT2D eigenvalue weighted by atomic mass is 15.2. The van der Waals surface area contributed by atoms with E-state index in [1.54, 1.807) is 0 Å². The van der Waals surface area contributed by atoms with Gasteiger partial charge in [-0.15, -0.1) is 0 Å². The van der Waals surface area contributed by atoms with E-state index in [2.05, 4.69) is 121 Å². The normalized spacial score (nSPS) is 13.5. The molecule has 0 fully saturated rings. The summed E-state index contributed by atoms with van der Waals surface area (Å²) in [5.74, 6) is 0.938. The molecule has 0 spiro atoms. The molecule has 0 N–H and O–H groups in total. The number of fused-ring (bicyclic) bond motifs is 1. The molecule has 1 heterocycles. The van der Waals surface area contributed by atoms with Gasteiger partial charge in [0.2, 0.25) is 0 Å². The van der Waals surface area contributed by atoms with Crippen LogP contribution in [0.1, 0.15) is 22.3 Å². The third kappa shape index (κ3) is 3.23. The van der Waals surface area contributed by atoms with Gasteiger partial charge in [-0.2, -0.15) is 0 Å². The van der Waals surface area contributed by atoms with Crippen molar-refractivity contribution in [3.05, 3.63) is 138 Å². The summed E-state index contributed by atoms with van der Waals surface area (Å²) in [4.78, 5) is 7.37. The van der Waals surface area contributed by atoms with Crippen molar-refractivity contribution in [2.75, 3.05) is 7.05 Å². The number of rotatable bonds is 3. The molecule has 30 heavy (non-hydrogen) atoms. The summed E-state index contributed by atoms with van der Waals surface area (Å²) in [7, 11) is 2.11. The number of benzene rings is 4. The second-order valence-corrected chi connectivity index (χ2v) is 7.33. The van der Waals surface area contributed by atoms with Gasteiger partial charge in [0.1, 0.15) is 5.84 Å². The Morgan fingerprint density at radius 1 is 0.533 bits per heavy atom. The standard InChI is InChI=1S/C28H22N2/c1-30-27(22-15-7-3-8-16-22)26(21-13-5-2-6-14-21)24-19-11-12-20-25(24)29-28(30)23-17-9-4-10-18-23/h2-20H,1H3. The van der Waals surface area contributed by atoms with Crippen LogP contribution < -0.4 is 0 Å². The molecule has 2 heteroatoms. The predicted molar refractivity (Wildman–Crippen MR) is 126 cm³/mol. The first-order chi connectivity index (χ1) is 14.8. The first-order valence-corrected chi connectivity index (χ1v) is 10.2. The van der Waals surface area contributed by atoms with Gasteiger partial charge in [0.05, 0.1) is 11.4 Å². The van der Waals surface area contributed by atoms with Gasteiger partial charge < -0.3 is 4.90 Å². The fourth-order valence-corrected chi connectivity index (χ4v) is 4.05. The van der Waals surface area contributed by atoms with E-state index in [4.69, 9.17) is 4.99 Å². The monoisotopic (exact) mass is 386 g/mol. The SMILES string of the molecule is CN1C(c2ccccc2)=Nc2ccccc2C(c2ccccc2)=C1c1ccccc1. The third-order valence-corrected chi connectivity index (χ3v) is 5.43. The van der Waals surface area contributed by atoms with E-state index in [9.17, 15) is 0 Å². The lowest BCUT2D eigenvalue weighted by Gasteiger charge is -2.26. The van der Waals surface area contributed by atoms with E-state index >= 15 is 0 Å². The summed E-state index contributed by atoms with van der Waals surface area (Å²) in [6.07, 6.45) is 0. The van der Waals surface area contributed by atoms with Crippen LogP contribution in [-0.4, -0.2) is 17.8 Å². The lowest BCUT2D eigenvalue weighted by atomic mass is 9.92. The van der Waals surface area contributed by atoms with Gasteiger partial charge in [-0.05, 0) is 17.2 Å². The van der Waals surface area contributed by atoms with Crippen LogP contribution in [0.3, 0.4) is 0 Å². The van der Waals surface area contributed by atoms with Crippen LogP contribution in [-0.2, 0) is 0 Å². The topological polar surface area (TPSA) is 15.6 Å². The number of hydrogen-bond acceptors (Lipinski definition) is 2. The van der Waals surface area contributed by atoms with E-state index in [-0.39, 0.29) is 0 Å². The summed E-state index contributed by atoms with van der Waals surface area (Å²) in [5, 5.41) is 0. The number of nitrogens with zero attached hydrogens (tertiary/aromatic N) is 2. The highest BCUT2D eigenvalue weighted by molar-refractivity contribution is 6.13. The number of hydrogen-bond donors (Lipinski definition) is 0. The van der Waals surface area contributed by atoms with Gasteiger partial charge >= 0.3 is 0 Å². The molecule has 144 valence electrons. The first-order valence-electron chi connectivity index (χ1n) is 10.2. The average Bonchev–Trinajstić information content (AvgIpc) is 2.95. The van der Waals surface area contributed by atoms with Crippen molar-refractivity contribution in [1.29, 1.82) is 0 Å². The lowest BCUT2D eigenvalue weighted by molar-refractivity contribution is 0.722. The van der Waals surface area contributed by atoms with Crippen LogP contribution in [0.4, 0.5) is 5.69 Å². The predicted octanol–water partition coefficient (Wildman–Crippen LogP) is 6.63. The fourth-order valence-electron chi connectivity index (χ4n) is 4.05. The number of para-hydroxylation sites is 1. The summed E-state index contributed by atoms with van der Waals surface area (Å²) in [5.41, 5.74) is 7.90. The third-order valence-electron chi connectivity index (χ3n) is 5.43. The molecule has 0 unspecified atom stereocenters. The maximum absolute atomic E-state index is 5.14. The van der Waals surface area contributed by atoms with Gasteiger partial charge in [0.15, 0.2) is 0 Å². The summed E-state index contributed by atoms with van der Waals surface area (Å²) in [6, 6.07) is 40.0. The van der Waals surface area contributed by atoms with Crippen molar-refractivity contribution in [2.24, 2.45) is 4.99 Å². The fraction of sp³-hybridized carbons (Fsp3) is 0.0357. The van der Waals surface area contributed by atoms with E-state index in [0.29, 0.717) is 0 Å². The maximum atomic E-state index is 5.14. The van der Waals surface area contributed by atoms with Crippen LogP contribution in [0.15, 0.2) is 120 Å². The molecular weight excluding hydrogens is 364 g/mol. The Morgan fingerprint density at radius 2 is 1.03 bits per heavy atom. The number of amidine groups is 1. The molecule has 0 aliphatic carbocycles. The molecule has 0 radical (unpaired) electrons. The minimum absolute atomic E-state index is 0.938. The average molecular weight is 386 g/mol.